The number of ether oxygens (including phenoxy) is 4. The summed E-state index contributed by atoms with van der Waals surface area (Å²) in [7, 11) is -4.16. The third-order valence-electron chi connectivity index (χ3n) is 6.66. The van der Waals surface area contributed by atoms with Crippen molar-refractivity contribution in [3.8, 4) is 0 Å². The minimum atomic E-state index is -1.71. The van der Waals surface area contributed by atoms with Crippen molar-refractivity contribution in [2.24, 2.45) is 10.8 Å². The van der Waals surface area contributed by atoms with Gasteiger partial charge in [0.2, 0.25) is 0 Å². The SMILES string of the molecule is CCC1(COCCC[Si](C)(C)OCC2(COCCC[Si](C)(C)O[SiH](C)C)COC2)COC1. The summed E-state index contributed by atoms with van der Waals surface area (Å²) in [5, 5.41) is 0. The molecule has 6 nitrogen and oxygen atoms in total. The Labute approximate surface area is 201 Å². The lowest BCUT2D eigenvalue weighted by Gasteiger charge is -2.42. The van der Waals surface area contributed by atoms with Crippen LogP contribution in [-0.2, 0) is 27.5 Å². The molecule has 0 aromatic carbocycles. The summed E-state index contributed by atoms with van der Waals surface area (Å²) in [5.74, 6) is 0. The first-order valence-corrected chi connectivity index (χ1v) is 21.7. The highest BCUT2D eigenvalue weighted by molar-refractivity contribution is 6.77. The molecule has 32 heavy (non-hydrogen) atoms. The van der Waals surface area contributed by atoms with E-state index in [2.05, 4.69) is 46.2 Å². The van der Waals surface area contributed by atoms with Crippen LogP contribution in [0.5, 0.6) is 0 Å². The molecule has 0 radical (unpaired) electrons. The molecule has 2 fully saturated rings. The van der Waals surface area contributed by atoms with Crippen molar-refractivity contribution >= 4 is 25.7 Å². The van der Waals surface area contributed by atoms with Crippen molar-refractivity contribution in [3.05, 3.63) is 0 Å². The molecular formula is C23H50O6Si3. The lowest BCUT2D eigenvalue weighted by atomic mass is 9.84. The molecule has 2 aliphatic rings. The first kappa shape index (κ1) is 28.6. The number of hydrogen-bond acceptors (Lipinski definition) is 6. The van der Waals surface area contributed by atoms with Crippen LogP contribution in [0.3, 0.4) is 0 Å². The molecule has 0 bridgehead atoms. The van der Waals surface area contributed by atoms with Crippen molar-refractivity contribution in [3.63, 3.8) is 0 Å². The van der Waals surface area contributed by atoms with Crippen molar-refractivity contribution < 1.29 is 27.5 Å². The van der Waals surface area contributed by atoms with Gasteiger partial charge in [-0.2, -0.15) is 0 Å². The third kappa shape index (κ3) is 9.95. The van der Waals surface area contributed by atoms with Gasteiger partial charge in [-0.25, -0.2) is 0 Å². The van der Waals surface area contributed by atoms with Crippen LogP contribution in [0.1, 0.15) is 26.2 Å². The monoisotopic (exact) mass is 506 g/mol. The zero-order valence-corrected chi connectivity index (χ0v) is 25.1. The van der Waals surface area contributed by atoms with Gasteiger partial charge < -0.3 is 27.5 Å². The minimum absolute atomic E-state index is 0.0484. The van der Waals surface area contributed by atoms with Gasteiger partial charge in [0.1, 0.15) is 0 Å². The van der Waals surface area contributed by atoms with Gasteiger partial charge in [0.05, 0.1) is 45.1 Å². The van der Waals surface area contributed by atoms with Gasteiger partial charge >= 0.3 is 0 Å². The van der Waals surface area contributed by atoms with Crippen molar-refractivity contribution in [2.75, 3.05) is 59.5 Å². The fraction of sp³-hybridized carbons (Fsp3) is 1.00. The fourth-order valence-corrected chi connectivity index (χ4v) is 12.7. The van der Waals surface area contributed by atoms with E-state index < -0.39 is 25.7 Å². The molecule has 0 atom stereocenters. The Morgan fingerprint density at radius 2 is 1.25 bits per heavy atom. The Hall–Kier alpha value is 0.411. The van der Waals surface area contributed by atoms with Crippen LogP contribution in [0, 0.1) is 10.8 Å². The molecule has 0 amide bonds. The summed E-state index contributed by atoms with van der Waals surface area (Å²) in [5.41, 5.74) is 0.327. The third-order valence-corrected chi connectivity index (χ3v) is 15.1. The zero-order valence-electron chi connectivity index (χ0n) is 21.9. The van der Waals surface area contributed by atoms with Crippen LogP contribution in [-0.4, -0.2) is 85.1 Å². The van der Waals surface area contributed by atoms with E-state index in [4.69, 9.17) is 27.5 Å². The average molecular weight is 507 g/mol. The molecular weight excluding hydrogens is 457 g/mol. The maximum atomic E-state index is 6.49. The molecule has 0 unspecified atom stereocenters. The fourth-order valence-electron chi connectivity index (χ4n) is 4.27. The molecule has 2 rings (SSSR count). The van der Waals surface area contributed by atoms with E-state index in [1.54, 1.807) is 0 Å². The molecule has 9 heteroatoms. The van der Waals surface area contributed by atoms with Crippen molar-refractivity contribution in [1.82, 2.24) is 0 Å². The summed E-state index contributed by atoms with van der Waals surface area (Å²) < 4.78 is 35.7. The summed E-state index contributed by atoms with van der Waals surface area (Å²) >= 11 is 0. The van der Waals surface area contributed by atoms with Crippen LogP contribution in [0.2, 0.25) is 51.4 Å². The molecule has 0 aromatic heterocycles. The lowest BCUT2D eigenvalue weighted by molar-refractivity contribution is -0.165. The highest BCUT2D eigenvalue weighted by Gasteiger charge is 2.41. The Balaban J connectivity index is 1.58. The summed E-state index contributed by atoms with van der Waals surface area (Å²) in [6.45, 7) is 23.2. The highest BCUT2D eigenvalue weighted by Crippen LogP contribution is 2.32. The molecule has 0 N–H and O–H groups in total. The second kappa shape index (κ2) is 12.9. The van der Waals surface area contributed by atoms with Crippen LogP contribution in [0.4, 0.5) is 0 Å². The molecule has 2 aliphatic heterocycles. The summed E-state index contributed by atoms with van der Waals surface area (Å²) in [6.07, 6.45) is 3.29. The topological polar surface area (TPSA) is 55.4 Å². The molecule has 0 aromatic rings. The zero-order chi connectivity index (χ0) is 23.7. The second-order valence-electron chi connectivity index (χ2n) is 11.6. The van der Waals surface area contributed by atoms with Crippen LogP contribution in [0.25, 0.3) is 0 Å². The molecule has 0 aliphatic carbocycles. The van der Waals surface area contributed by atoms with E-state index in [1.807, 2.05) is 0 Å². The Morgan fingerprint density at radius 3 is 1.69 bits per heavy atom. The quantitative estimate of drug-likeness (QED) is 0.199. The molecule has 190 valence electrons. The van der Waals surface area contributed by atoms with Gasteiger partial charge in [0.25, 0.3) is 0 Å². The Morgan fingerprint density at radius 1 is 0.750 bits per heavy atom. The summed E-state index contributed by atoms with van der Waals surface area (Å²) in [4.78, 5) is 0. The van der Waals surface area contributed by atoms with Crippen LogP contribution >= 0.6 is 0 Å². The van der Waals surface area contributed by atoms with Crippen LogP contribution in [0.15, 0.2) is 0 Å². The standard InChI is InChI=1S/C23H50O6Si3/c1-8-22(16-26-17-22)15-24-11-9-13-31(4,5)28-21-23(19-27-20-23)18-25-12-10-14-32(6,7)29-30(2)3/h30H,8-21H2,1-7H3. The Kier molecular flexibility index (Phi) is 11.6. The highest BCUT2D eigenvalue weighted by atomic mass is 28.4. The van der Waals surface area contributed by atoms with Gasteiger partial charge in [-0.15, -0.1) is 0 Å². The largest absolute Gasteiger partial charge is 0.458 e. The van der Waals surface area contributed by atoms with Crippen LogP contribution < -0.4 is 0 Å². The predicted molar refractivity (Wildman–Crippen MR) is 138 cm³/mol. The molecule has 0 saturated carbocycles. The molecule has 2 heterocycles. The Bertz CT molecular complexity index is 530. The van der Waals surface area contributed by atoms with E-state index in [0.29, 0.717) is 0 Å². The predicted octanol–water partition coefficient (Wildman–Crippen LogP) is 4.67. The smallest absolute Gasteiger partial charge is 0.186 e. The summed E-state index contributed by atoms with van der Waals surface area (Å²) in [6, 6.07) is 2.30. The second-order valence-corrected chi connectivity index (χ2v) is 23.0. The van der Waals surface area contributed by atoms with Gasteiger partial charge in [0.15, 0.2) is 25.7 Å². The normalized spacial score (nSPS) is 20.2. The average Bonchev–Trinajstić information content (AvgIpc) is 2.63. The van der Waals surface area contributed by atoms with Crippen molar-refractivity contribution in [2.45, 2.75) is 77.6 Å². The van der Waals surface area contributed by atoms with E-state index in [0.717, 1.165) is 84.8 Å². The van der Waals surface area contributed by atoms with E-state index in [-0.39, 0.29) is 10.8 Å². The van der Waals surface area contributed by atoms with Gasteiger partial charge in [-0.3, -0.25) is 0 Å². The van der Waals surface area contributed by atoms with Gasteiger partial charge in [0, 0.05) is 25.2 Å². The first-order valence-electron chi connectivity index (χ1n) is 12.6. The van der Waals surface area contributed by atoms with Gasteiger partial charge in [-0.1, -0.05) is 6.92 Å². The van der Waals surface area contributed by atoms with E-state index in [1.165, 1.54) is 6.04 Å². The maximum Gasteiger partial charge on any atom is 0.186 e. The maximum absolute atomic E-state index is 6.49. The number of rotatable bonds is 18. The molecule has 0 spiro atoms. The van der Waals surface area contributed by atoms with E-state index >= 15 is 0 Å². The van der Waals surface area contributed by atoms with Crippen molar-refractivity contribution in [1.29, 1.82) is 0 Å². The van der Waals surface area contributed by atoms with E-state index in [9.17, 15) is 0 Å². The lowest BCUT2D eigenvalue weighted by Crippen LogP contribution is -2.52. The minimum Gasteiger partial charge on any atom is -0.458 e. The van der Waals surface area contributed by atoms with Gasteiger partial charge in [-0.05, 0) is 70.6 Å². The first-order chi connectivity index (χ1) is 15.0. The number of hydrogen-bond donors (Lipinski definition) is 0. The molecule has 2 saturated heterocycles.